The van der Waals surface area contributed by atoms with Crippen molar-refractivity contribution in [3.8, 4) is 11.4 Å². The molecule has 1 fully saturated rings. The van der Waals surface area contributed by atoms with E-state index < -0.39 is 0 Å². The SMILES string of the molecule is CCCCn1ccnc1-c1cccc(NC(=O)C2CCOCC2)c1. The molecule has 1 aliphatic heterocycles. The summed E-state index contributed by atoms with van der Waals surface area (Å²) in [5.41, 5.74) is 1.86. The van der Waals surface area contributed by atoms with E-state index in [-0.39, 0.29) is 11.8 Å². The van der Waals surface area contributed by atoms with E-state index in [4.69, 9.17) is 4.74 Å². The standard InChI is InChI=1S/C19H25N3O2/c1-2-3-10-22-11-9-20-18(22)16-5-4-6-17(14-16)21-19(23)15-7-12-24-13-8-15/h4-6,9,11,14-15H,2-3,7-8,10,12-13H2,1H3,(H,21,23). The van der Waals surface area contributed by atoms with E-state index in [1.807, 2.05) is 36.7 Å². The van der Waals surface area contributed by atoms with Crippen LogP contribution in [0.3, 0.4) is 0 Å². The molecule has 1 saturated heterocycles. The number of nitrogens with zero attached hydrogens (tertiary/aromatic N) is 2. The molecule has 0 saturated carbocycles. The summed E-state index contributed by atoms with van der Waals surface area (Å²) in [6.45, 7) is 4.49. The number of amides is 1. The maximum atomic E-state index is 12.4. The summed E-state index contributed by atoms with van der Waals surface area (Å²) in [4.78, 5) is 16.9. The van der Waals surface area contributed by atoms with E-state index >= 15 is 0 Å². The van der Waals surface area contributed by atoms with Gasteiger partial charge in [-0.3, -0.25) is 4.79 Å². The van der Waals surface area contributed by atoms with Gasteiger partial charge in [-0.1, -0.05) is 25.5 Å². The Morgan fingerprint density at radius 2 is 2.21 bits per heavy atom. The zero-order chi connectivity index (χ0) is 16.8. The molecule has 1 amide bonds. The molecule has 5 nitrogen and oxygen atoms in total. The van der Waals surface area contributed by atoms with Gasteiger partial charge in [0.2, 0.25) is 5.91 Å². The van der Waals surface area contributed by atoms with Crippen LogP contribution in [0, 0.1) is 5.92 Å². The Morgan fingerprint density at radius 1 is 1.38 bits per heavy atom. The predicted octanol–water partition coefficient (Wildman–Crippen LogP) is 3.72. The average molecular weight is 327 g/mol. The molecule has 1 aromatic heterocycles. The first-order chi connectivity index (χ1) is 11.8. The number of carbonyl (C=O) groups excluding carboxylic acids is 1. The topological polar surface area (TPSA) is 56.2 Å². The van der Waals surface area contributed by atoms with E-state index in [0.29, 0.717) is 13.2 Å². The molecule has 0 unspecified atom stereocenters. The summed E-state index contributed by atoms with van der Waals surface area (Å²) in [5, 5.41) is 3.05. The zero-order valence-corrected chi connectivity index (χ0v) is 14.2. The minimum absolute atomic E-state index is 0.0500. The van der Waals surface area contributed by atoms with Crippen molar-refractivity contribution in [1.29, 1.82) is 0 Å². The minimum atomic E-state index is 0.0500. The molecule has 0 bridgehead atoms. The van der Waals surface area contributed by atoms with Gasteiger partial charge in [-0.15, -0.1) is 0 Å². The van der Waals surface area contributed by atoms with Gasteiger partial charge in [0.15, 0.2) is 0 Å². The second-order valence-corrected chi connectivity index (χ2v) is 6.25. The third kappa shape index (κ3) is 4.03. The van der Waals surface area contributed by atoms with Gasteiger partial charge >= 0.3 is 0 Å². The van der Waals surface area contributed by atoms with Crippen LogP contribution >= 0.6 is 0 Å². The molecule has 128 valence electrons. The molecular weight excluding hydrogens is 302 g/mol. The fourth-order valence-corrected chi connectivity index (χ4v) is 3.02. The number of benzene rings is 1. The molecular formula is C19H25N3O2. The van der Waals surface area contributed by atoms with E-state index in [2.05, 4.69) is 21.8 Å². The molecule has 1 N–H and O–H groups in total. The fourth-order valence-electron chi connectivity index (χ4n) is 3.02. The monoisotopic (exact) mass is 327 g/mol. The van der Waals surface area contributed by atoms with Gasteiger partial charge in [0, 0.05) is 49.3 Å². The highest BCUT2D eigenvalue weighted by molar-refractivity contribution is 5.93. The fraction of sp³-hybridized carbons (Fsp3) is 0.474. The average Bonchev–Trinajstić information content (AvgIpc) is 3.09. The van der Waals surface area contributed by atoms with Crippen molar-refractivity contribution in [3.05, 3.63) is 36.7 Å². The van der Waals surface area contributed by atoms with E-state index in [9.17, 15) is 4.79 Å². The smallest absolute Gasteiger partial charge is 0.227 e. The third-order valence-electron chi connectivity index (χ3n) is 4.45. The lowest BCUT2D eigenvalue weighted by molar-refractivity contribution is -0.122. The van der Waals surface area contributed by atoms with Gasteiger partial charge < -0.3 is 14.6 Å². The van der Waals surface area contributed by atoms with Gasteiger partial charge in [-0.25, -0.2) is 4.98 Å². The molecule has 2 aromatic rings. The lowest BCUT2D eigenvalue weighted by atomic mass is 9.99. The van der Waals surface area contributed by atoms with E-state index in [1.54, 1.807) is 0 Å². The first-order valence-corrected chi connectivity index (χ1v) is 8.78. The van der Waals surface area contributed by atoms with Crippen LogP contribution in [-0.4, -0.2) is 28.7 Å². The Bertz CT molecular complexity index is 675. The molecule has 5 heteroatoms. The molecule has 0 atom stereocenters. The second kappa shape index (κ2) is 8.11. The number of nitrogens with one attached hydrogen (secondary N) is 1. The lowest BCUT2D eigenvalue weighted by Gasteiger charge is -2.21. The van der Waals surface area contributed by atoms with E-state index in [1.165, 1.54) is 0 Å². The van der Waals surface area contributed by atoms with Crippen molar-refractivity contribution in [3.63, 3.8) is 0 Å². The van der Waals surface area contributed by atoms with Crippen molar-refractivity contribution < 1.29 is 9.53 Å². The molecule has 2 heterocycles. The Balaban J connectivity index is 1.72. The number of carbonyl (C=O) groups is 1. The number of rotatable bonds is 6. The van der Waals surface area contributed by atoms with Crippen LogP contribution in [0.4, 0.5) is 5.69 Å². The number of hydrogen-bond acceptors (Lipinski definition) is 3. The highest BCUT2D eigenvalue weighted by Gasteiger charge is 2.21. The number of imidazole rings is 1. The second-order valence-electron chi connectivity index (χ2n) is 6.25. The molecule has 1 aromatic carbocycles. The van der Waals surface area contributed by atoms with Crippen LogP contribution in [0.25, 0.3) is 11.4 Å². The summed E-state index contributed by atoms with van der Waals surface area (Å²) in [7, 11) is 0. The van der Waals surface area contributed by atoms with Crippen molar-refractivity contribution >= 4 is 11.6 Å². The Labute approximate surface area is 143 Å². The van der Waals surface area contributed by atoms with Crippen molar-refractivity contribution in [2.75, 3.05) is 18.5 Å². The number of hydrogen-bond donors (Lipinski definition) is 1. The molecule has 1 aliphatic rings. The molecule has 3 rings (SSSR count). The Hall–Kier alpha value is -2.14. The normalized spacial score (nSPS) is 15.4. The number of anilines is 1. The van der Waals surface area contributed by atoms with Crippen molar-refractivity contribution in [2.24, 2.45) is 5.92 Å². The highest BCUT2D eigenvalue weighted by Crippen LogP contribution is 2.23. The van der Waals surface area contributed by atoms with Crippen LogP contribution in [0.1, 0.15) is 32.6 Å². The number of unbranched alkanes of at least 4 members (excludes halogenated alkanes) is 1. The van der Waals surface area contributed by atoms with E-state index in [0.717, 1.165) is 49.3 Å². The minimum Gasteiger partial charge on any atom is -0.381 e. The molecule has 0 radical (unpaired) electrons. The van der Waals surface area contributed by atoms with Gasteiger partial charge in [-0.2, -0.15) is 0 Å². The van der Waals surface area contributed by atoms with Gasteiger partial charge in [0.25, 0.3) is 0 Å². The zero-order valence-electron chi connectivity index (χ0n) is 14.2. The van der Waals surface area contributed by atoms with Crippen LogP contribution in [0.2, 0.25) is 0 Å². The summed E-state index contributed by atoms with van der Waals surface area (Å²) < 4.78 is 7.49. The van der Waals surface area contributed by atoms with Crippen LogP contribution in [-0.2, 0) is 16.1 Å². The summed E-state index contributed by atoms with van der Waals surface area (Å²) in [6, 6.07) is 7.94. The Kier molecular flexibility index (Phi) is 5.64. The molecule has 0 aliphatic carbocycles. The van der Waals surface area contributed by atoms with Gasteiger partial charge in [0.1, 0.15) is 5.82 Å². The number of ether oxygens (including phenoxy) is 1. The van der Waals surface area contributed by atoms with Crippen molar-refractivity contribution in [1.82, 2.24) is 9.55 Å². The van der Waals surface area contributed by atoms with Crippen molar-refractivity contribution in [2.45, 2.75) is 39.2 Å². The number of aromatic nitrogens is 2. The summed E-state index contributed by atoms with van der Waals surface area (Å²) in [6.07, 6.45) is 7.72. The first kappa shape index (κ1) is 16.7. The molecule has 24 heavy (non-hydrogen) atoms. The largest absolute Gasteiger partial charge is 0.381 e. The number of aryl methyl sites for hydroxylation is 1. The lowest BCUT2D eigenvalue weighted by Crippen LogP contribution is -2.28. The summed E-state index contributed by atoms with van der Waals surface area (Å²) >= 11 is 0. The quantitative estimate of drug-likeness (QED) is 0.880. The van der Waals surface area contributed by atoms with Crippen LogP contribution < -0.4 is 5.32 Å². The third-order valence-corrected chi connectivity index (χ3v) is 4.45. The first-order valence-electron chi connectivity index (χ1n) is 8.78. The molecule has 0 spiro atoms. The summed E-state index contributed by atoms with van der Waals surface area (Å²) in [5.74, 6) is 1.09. The van der Waals surface area contributed by atoms with Gasteiger partial charge in [0.05, 0.1) is 0 Å². The van der Waals surface area contributed by atoms with Crippen LogP contribution in [0.5, 0.6) is 0 Å². The maximum absolute atomic E-state index is 12.4. The predicted molar refractivity (Wildman–Crippen MR) is 94.7 cm³/mol. The highest BCUT2D eigenvalue weighted by atomic mass is 16.5. The van der Waals surface area contributed by atoms with Gasteiger partial charge in [-0.05, 0) is 31.4 Å². The maximum Gasteiger partial charge on any atom is 0.227 e. The van der Waals surface area contributed by atoms with Crippen LogP contribution in [0.15, 0.2) is 36.7 Å². The Morgan fingerprint density at radius 3 is 3.00 bits per heavy atom.